The van der Waals surface area contributed by atoms with E-state index in [1.807, 2.05) is 6.92 Å². The van der Waals surface area contributed by atoms with Gasteiger partial charge in [0.15, 0.2) is 5.82 Å². The van der Waals surface area contributed by atoms with E-state index in [4.69, 9.17) is 10.5 Å². The minimum Gasteiger partial charge on any atom is -0.396 e. The minimum atomic E-state index is 0.455. The fraction of sp³-hybridized carbons (Fsp3) is 0.429. The molecular formula is C7H11N3O. The van der Waals surface area contributed by atoms with Crippen molar-refractivity contribution < 1.29 is 4.74 Å². The van der Waals surface area contributed by atoms with Crippen LogP contribution in [0.2, 0.25) is 0 Å². The van der Waals surface area contributed by atoms with Gasteiger partial charge in [-0.05, 0) is 6.92 Å². The Bertz CT molecular complexity index is 209. The summed E-state index contributed by atoms with van der Waals surface area (Å²) in [6.45, 7) is 3.06. The van der Waals surface area contributed by atoms with Gasteiger partial charge in [-0.1, -0.05) is 0 Å². The lowest BCUT2D eigenvalue weighted by molar-refractivity contribution is 0.128. The molecule has 0 aliphatic carbocycles. The van der Waals surface area contributed by atoms with Crippen molar-refractivity contribution in [3.63, 3.8) is 0 Å². The number of nitrogens with zero attached hydrogens (tertiary/aromatic N) is 2. The Labute approximate surface area is 65.4 Å². The number of nitrogens with two attached hydrogens (primary N) is 1. The van der Waals surface area contributed by atoms with Crippen LogP contribution in [-0.4, -0.2) is 16.6 Å². The summed E-state index contributed by atoms with van der Waals surface area (Å²) in [5, 5.41) is 0. The highest BCUT2D eigenvalue weighted by Gasteiger charge is 1.93. The number of aromatic nitrogens is 2. The number of rotatable bonds is 3. The van der Waals surface area contributed by atoms with Crippen molar-refractivity contribution in [1.29, 1.82) is 0 Å². The number of hydrogen-bond acceptors (Lipinski definition) is 4. The molecule has 11 heavy (non-hydrogen) atoms. The molecule has 0 aliphatic heterocycles. The molecule has 0 amide bonds. The summed E-state index contributed by atoms with van der Waals surface area (Å²) in [5.41, 5.74) is 5.96. The van der Waals surface area contributed by atoms with E-state index in [2.05, 4.69) is 9.97 Å². The van der Waals surface area contributed by atoms with Crippen LogP contribution < -0.4 is 5.73 Å². The highest BCUT2D eigenvalue weighted by Crippen LogP contribution is 1.97. The zero-order valence-corrected chi connectivity index (χ0v) is 6.45. The molecule has 0 atom stereocenters. The SMILES string of the molecule is CCOCc1ncc(N)cn1. The van der Waals surface area contributed by atoms with Crippen molar-refractivity contribution >= 4 is 5.69 Å². The molecule has 1 aromatic heterocycles. The van der Waals surface area contributed by atoms with Crippen LogP contribution in [0.3, 0.4) is 0 Å². The van der Waals surface area contributed by atoms with Gasteiger partial charge in [0.05, 0.1) is 18.1 Å². The fourth-order valence-corrected chi connectivity index (χ4v) is 0.633. The van der Waals surface area contributed by atoms with Crippen molar-refractivity contribution in [3.05, 3.63) is 18.2 Å². The van der Waals surface area contributed by atoms with Gasteiger partial charge in [0.2, 0.25) is 0 Å². The standard InChI is InChI=1S/C7H11N3O/c1-2-11-5-7-9-3-6(8)4-10-7/h3-4H,2,5,8H2,1H3. The first-order valence-corrected chi connectivity index (χ1v) is 3.47. The van der Waals surface area contributed by atoms with Gasteiger partial charge in [-0.15, -0.1) is 0 Å². The molecule has 0 radical (unpaired) electrons. The smallest absolute Gasteiger partial charge is 0.154 e. The molecule has 2 N–H and O–H groups in total. The molecule has 0 aliphatic rings. The number of ether oxygens (including phenoxy) is 1. The molecule has 0 saturated heterocycles. The molecule has 0 spiro atoms. The van der Waals surface area contributed by atoms with E-state index in [0.717, 1.165) is 0 Å². The van der Waals surface area contributed by atoms with E-state index in [9.17, 15) is 0 Å². The predicted octanol–water partition coefficient (Wildman–Crippen LogP) is 0.595. The topological polar surface area (TPSA) is 61.0 Å². The van der Waals surface area contributed by atoms with Crippen LogP contribution in [0.4, 0.5) is 5.69 Å². The van der Waals surface area contributed by atoms with Crippen molar-refractivity contribution in [2.24, 2.45) is 0 Å². The molecule has 1 aromatic rings. The van der Waals surface area contributed by atoms with E-state index in [1.165, 1.54) is 0 Å². The fourth-order valence-electron chi connectivity index (χ4n) is 0.633. The summed E-state index contributed by atoms with van der Waals surface area (Å²) < 4.78 is 5.09. The van der Waals surface area contributed by atoms with Gasteiger partial charge in [0.25, 0.3) is 0 Å². The molecule has 1 rings (SSSR count). The normalized spacial score (nSPS) is 9.91. The van der Waals surface area contributed by atoms with E-state index in [-0.39, 0.29) is 0 Å². The highest BCUT2D eigenvalue weighted by atomic mass is 16.5. The average molecular weight is 153 g/mol. The van der Waals surface area contributed by atoms with E-state index < -0.39 is 0 Å². The third-order valence-electron chi connectivity index (χ3n) is 1.16. The Hall–Kier alpha value is -1.16. The molecule has 4 heteroatoms. The van der Waals surface area contributed by atoms with Crippen LogP contribution in [0.1, 0.15) is 12.7 Å². The van der Waals surface area contributed by atoms with Gasteiger partial charge >= 0.3 is 0 Å². The lowest BCUT2D eigenvalue weighted by Crippen LogP contribution is -1.99. The predicted molar refractivity (Wildman–Crippen MR) is 41.8 cm³/mol. The molecule has 0 fully saturated rings. The second kappa shape index (κ2) is 3.88. The van der Waals surface area contributed by atoms with Gasteiger partial charge in [-0.2, -0.15) is 0 Å². The van der Waals surface area contributed by atoms with Gasteiger partial charge in [-0.3, -0.25) is 0 Å². The summed E-state index contributed by atoms with van der Waals surface area (Å²) in [5.74, 6) is 0.668. The molecular weight excluding hydrogens is 142 g/mol. The Kier molecular flexibility index (Phi) is 2.80. The maximum absolute atomic E-state index is 5.39. The molecule has 0 saturated carbocycles. The Morgan fingerprint density at radius 3 is 2.64 bits per heavy atom. The van der Waals surface area contributed by atoms with E-state index in [0.29, 0.717) is 24.7 Å². The van der Waals surface area contributed by atoms with Gasteiger partial charge in [0, 0.05) is 6.61 Å². The quantitative estimate of drug-likeness (QED) is 0.690. The van der Waals surface area contributed by atoms with Crippen LogP contribution in [0, 0.1) is 0 Å². The van der Waals surface area contributed by atoms with Crippen LogP contribution in [-0.2, 0) is 11.3 Å². The number of anilines is 1. The summed E-state index contributed by atoms with van der Waals surface area (Å²) in [7, 11) is 0. The van der Waals surface area contributed by atoms with Crippen LogP contribution in [0.5, 0.6) is 0 Å². The molecule has 1 heterocycles. The Morgan fingerprint density at radius 2 is 2.09 bits per heavy atom. The molecule has 60 valence electrons. The molecule has 0 unspecified atom stereocenters. The van der Waals surface area contributed by atoms with E-state index in [1.54, 1.807) is 12.4 Å². The lowest BCUT2D eigenvalue weighted by Gasteiger charge is -1.98. The first-order valence-electron chi connectivity index (χ1n) is 3.47. The zero-order chi connectivity index (χ0) is 8.10. The second-order valence-electron chi connectivity index (χ2n) is 2.07. The summed E-state index contributed by atoms with van der Waals surface area (Å²) >= 11 is 0. The third-order valence-corrected chi connectivity index (χ3v) is 1.16. The van der Waals surface area contributed by atoms with Crippen LogP contribution in [0.15, 0.2) is 12.4 Å². The van der Waals surface area contributed by atoms with Crippen molar-refractivity contribution in [1.82, 2.24) is 9.97 Å². The maximum atomic E-state index is 5.39. The lowest BCUT2D eigenvalue weighted by atomic mass is 10.5. The van der Waals surface area contributed by atoms with Crippen molar-refractivity contribution in [2.45, 2.75) is 13.5 Å². The van der Waals surface area contributed by atoms with Crippen molar-refractivity contribution in [2.75, 3.05) is 12.3 Å². The molecule has 4 nitrogen and oxygen atoms in total. The summed E-state index contributed by atoms with van der Waals surface area (Å²) in [6.07, 6.45) is 3.14. The molecule has 0 aromatic carbocycles. The second-order valence-corrected chi connectivity index (χ2v) is 2.07. The third kappa shape index (κ3) is 2.51. The zero-order valence-electron chi connectivity index (χ0n) is 6.45. The first kappa shape index (κ1) is 7.94. The number of nitrogen functional groups attached to an aromatic ring is 1. The largest absolute Gasteiger partial charge is 0.396 e. The average Bonchev–Trinajstić information content (AvgIpc) is 2.04. The van der Waals surface area contributed by atoms with Crippen LogP contribution in [0.25, 0.3) is 0 Å². The number of hydrogen-bond donors (Lipinski definition) is 1. The Balaban J connectivity index is 2.52. The minimum absolute atomic E-state index is 0.455. The summed E-state index contributed by atoms with van der Waals surface area (Å²) in [4.78, 5) is 7.91. The molecule has 0 bridgehead atoms. The monoisotopic (exact) mass is 153 g/mol. The van der Waals surface area contributed by atoms with Gasteiger partial charge in [-0.25, -0.2) is 9.97 Å². The van der Waals surface area contributed by atoms with Gasteiger partial charge in [0.1, 0.15) is 6.61 Å². The van der Waals surface area contributed by atoms with Crippen molar-refractivity contribution in [3.8, 4) is 0 Å². The van der Waals surface area contributed by atoms with Gasteiger partial charge < -0.3 is 10.5 Å². The van der Waals surface area contributed by atoms with Crippen LogP contribution >= 0.6 is 0 Å². The summed E-state index contributed by atoms with van der Waals surface area (Å²) in [6, 6.07) is 0. The first-order chi connectivity index (χ1) is 5.33. The highest BCUT2D eigenvalue weighted by molar-refractivity contribution is 5.29. The maximum Gasteiger partial charge on any atom is 0.154 e. The Morgan fingerprint density at radius 1 is 1.45 bits per heavy atom. The van der Waals surface area contributed by atoms with E-state index >= 15 is 0 Å².